The summed E-state index contributed by atoms with van der Waals surface area (Å²) in [4.78, 5) is 25.8. The molecular weight excluding hydrogens is 479 g/mol. The van der Waals surface area contributed by atoms with Crippen LogP contribution in [0, 0.1) is 5.82 Å². The van der Waals surface area contributed by atoms with E-state index in [1.165, 1.54) is 12.1 Å². The highest BCUT2D eigenvalue weighted by atomic mass is 19.1. The predicted octanol–water partition coefficient (Wildman–Crippen LogP) is 7.43. The van der Waals surface area contributed by atoms with Crippen molar-refractivity contribution in [3.63, 3.8) is 0 Å². The van der Waals surface area contributed by atoms with Crippen LogP contribution in [0.5, 0.6) is 0 Å². The quantitative estimate of drug-likeness (QED) is 0.251. The highest BCUT2D eigenvalue weighted by molar-refractivity contribution is 6.12. The number of nitrogens with one attached hydrogen (secondary N) is 1. The third-order valence-corrected chi connectivity index (χ3v) is 6.93. The predicted molar refractivity (Wildman–Crippen MR) is 147 cm³/mol. The van der Waals surface area contributed by atoms with Crippen LogP contribution < -0.4 is 5.32 Å². The van der Waals surface area contributed by atoms with Crippen LogP contribution in [0.2, 0.25) is 0 Å². The van der Waals surface area contributed by atoms with E-state index in [2.05, 4.69) is 23.7 Å². The van der Waals surface area contributed by atoms with E-state index in [1.54, 1.807) is 12.1 Å². The van der Waals surface area contributed by atoms with Gasteiger partial charge in [0.15, 0.2) is 0 Å². The number of nitrogens with zero attached hydrogens (tertiary/aromatic N) is 1. The average molecular weight is 511 g/mol. The van der Waals surface area contributed by atoms with Crippen molar-refractivity contribution in [2.45, 2.75) is 51.7 Å². The Morgan fingerprint density at radius 3 is 2.24 bits per heavy atom. The number of hydrogen-bond acceptors (Lipinski definition) is 3. The van der Waals surface area contributed by atoms with Gasteiger partial charge in [0, 0.05) is 36.3 Å². The molecule has 0 radical (unpaired) electrons. The van der Waals surface area contributed by atoms with Gasteiger partial charge in [0.1, 0.15) is 11.9 Å². The van der Waals surface area contributed by atoms with Gasteiger partial charge in [0.2, 0.25) is 0 Å². The molecule has 0 spiro atoms. The number of amides is 1. The van der Waals surface area contributed by atoms with Gasteiger partial charge in [-0.3, -0.25) is 9.59 Å². The Morgan fingerprint density at radius 1 is 0.974 bits per heavy atom. The van der Waals surface area contributed by atoms with Crippen LogP contribution in [-0.2, 0) is 16.1 Å². The molecule has 5 rings (SSSR count). The lowest BCUT2D eigenvalue weighted by Crippen LogP contribution is -2.18. The summed E-state index contributed by atoms with van der Waals surface area (Å²) in [6.07, 6.45) is 1.59. The summed E-state index contributed by atoms with van der Waals surface area (Å²) in [7, 11) is 0. The van der Waals surface area contributed by atoms with Gasteiger partial charge in [-0.1, -0.05) is 62.4 Å². The molecule has 0 unspecified atom stereocenters. The lowest BCUT2D eigenvalue weighted by Gasteiger charge is -2.19. The summed E-state index contributed by atoms with van der Waals surface area (Å²) in [5.74, 6) is -0.683. The average Bonchev–Trinajstić information content (AvgIpc) is 3.50. The summed E-state index contributed by atoms with van der Waals surface area (Å²) in [6, 6.07) is 25.6. The minimum atomic E-state index is -0.322. The second kappa shape index (κ2) is 11.1. The van der Waals surface area contributed by atoms with Crippen molar-refractivity contribution in [1.29, 1.82) is 0 Å². The van der Waals surface area contributed by atoms with Crippen molar-refractivity contribution in [3.8, 4) is 22.4 Å². The Kier molecular flexibility index (Phi) is 7.40. The Bertz CT molecular complexity index is 1430. The molecule has 3 aromatic carbocycles. The third-order valence-electron chi connectivity index (χ3n) is 6.93. The SMILES string of the molecule is CC(C)c1c(C(=O)Nc2ccccc2)c(-c2ccccc2)c(-c2ccc(F)cc2)n1CC[C@@H]1CCC(=O)O1. The number of ether oxygens (including phenoxy) is 1. The fourth-order valence-electron chi connectivity index (χ4n) is 5.27. The Morgan fingerprint density at radius 2 is 1.63 bits per heavy atom. The second-order valence-electron chi connectivity index (χ2n) is 9.92. The maximum Gasteiger partial charge on any atom is 0.306 e. The molecule has 6 heteroatoms. The molecule has 2 heterocycles. The number of hydrogen-bond donors (Lipinski definition) is 1. The summed E-state index contributed by atoms with van der Waals surface area (Å²) in [5, 5.41) is 3.09. The van der Waals surface area contributed by atoms with E-state index in [-0.39, 0.29) is 29.7 Å². The van der Waals surface area contributed by atoms with Gasteiger partial charge in [-0.05, 0) is 59.9 Å². The number of anilines is 1. The molecule has 1 atom stereocenters. The molecule has 1 aliphatic heterocycles. The number of halogens is 1. The minimum absolute atomic E-state index is 0.00862. The van der Waals surface area contributed by atoms with E-state index >= 15 is 0 Å². The molecule has 1 N–H and O–H groups in total. The molecule has 5 nitrogen and oxygen atoms in total. The van der Waals surface area contributed by atoms with E-state index in [4.69, 9.17) is 4.74 Å². The van der Waals surface area contributed by atoms with Crippen molar-refractivity contribution in [3.05, 3.63) is 102 Å². The number of carbonyl (C=O) groups is 2. The van der Waals surface area contributed by atoms with Crippen molar-refractivity contribution >= 4 is 17.6 Å². The van der Waals surface area contributed by atoms with E-state index in [0.29, 0.717) is 37.1 Å². The summed E-state index contributed by atoms with van der Waals surface area (Å²) in [6.45, 7) is 4.70. The summed E-state index contributed by atoms with van der Waals surface area (Å²) in [5.41, 5.74) is 5.56. The summed E-state index contributed by atoms with van der Waals surface area (Å²) >= 11 is 0. The molecule has 1 saturated heterocycles. The van der Waals surface area contributed by atoms with Gasteiger partial charge < -0.3 is 14.6 Å². The molecule has 1 aromatic heterocycles. The zero-order valence-corrected chi connectivity index (χ0v) is 21.6. The third kappa shape index (κ3) is 5.25. The van der Waals surface area contributed by atoms with Crippen LogP contribution in [0.4, 0.5) is 10.1 Å². The largest absolute Gasteiger partial charge is 0.462 e. The van der Waals surface area contributed by atoms with Crippen LogP contribution in [0.15, 0.2) is 84.9 Å². The number of carbonyl (C=O) groups excluding carboxylic acids is 2. The van der Waals surface area contributed by atoms with Crippen LogP contribution >= 0.6 is 0 Å². The van der Waals surface area contributed by atoms with Gasteiger partial charge in [-0.2, -0.15) is 0 Å². The normalized spacial score (nSPS) is 15.1. The van der Waals surface area contributed by atoms with Crippen LogP contribution in [0.25, 0.3) is 22.4 Å². The second-order valence-corrected chi connectivity index (χ2v) is 9.92. The zero-order chi connectivity index (χ0) is 26.6. The van der Waals surface area contributed by atoms with Gasteiger partial charge in [0.05, 0.1) is 11.3 Å². The van der Waals surface area contributed by atoms with Crippen LogP contribution in [0.1, 0.15) is 55.1 Å². The van der Waals surface area contributed by atoms with E-state index in [0.717, 1.165) is 28.1 Å². The smallest absolute Gasteiger partial charge is 0.306 e. The number of rotatable bonds is 8. The maximum atomic E-state index is 14.0. The number of para-hydroxylation sites is 1. The van der Waals surface area contributed by atoms with Crippen molar-refractivity contribution in [2.24, 2.45) is 0 Å². The first kappa shape index (κ1) is 25.5. The zero-order valence-electron chi connectivity index (χ0n) is 21.6. The standard InChI is InChI=1S/C32H31FN2O3/c1-21(2)30-29(32(37)34-25-11-7-4-8-12-25)28(22-9-5-3-6-10-22)31(23-13-15-24(33)16-14-23)35(30)20-19-26-17-18-27(36)38-26/h3-16,21,26H,17-20H2,1-2H3,(H,34,37)/t26-/m0/s1. The van der Waals surface area contributed by atoms with Crippen molar-refractivity contribution < 1.29 is 18.7 Å². The lowest BCUT2D eigenvalue weighted by molar-refractivity contribution is -0.141. The van der Waals surface area contributed by atoms with E-state index in [9.17, 15) is 14.0 Å². The number of esters is 1. The van der Waals surface area contributed by atoms with Crippen LogP contribution in [0.3, 0.4) is 0 Å². The fraction of sp³-hybridized carbons (Fsp3) is 0.250. The molecule has 1 fully saturated rings. The minimum Gasteiger partial charge on any atom is -0.462 e. The molecule has 194 valence electrons. The molecule has 38 heavy (non-hydrogen) atoms. The summed E-state index contributed by atoms with van der Waals surface area (Å²) < 4.78 is 21.7. The topological polar surface area (TPSA) is 60.3 Å². The first-order chi connectivity index (χ1) is 18.4. The van der Waals surface area contributed by atoms with Crippen molar-refractivity contribution in [2.75, 3.05) is 5.32 Å². The molecule has 4 aromatic rings. The number of benzene rings is 3. The first-order valence-electron chi connectivity index (χ1n) is 13.1. The Labute approximate surface area is 222 Å². The molecule has 0 aliphatic carbocycles. The Balaban J connectivity index is 1.73. The van der Waals surface area contributed by atoms with Gasteiger partial charge in [0.25, 0.3) is 5.91 Å². The van der Waals surface area contributed by atoms with Gasteiger partial charge in [-0.25, -0.2) is 4.39 Å². The Hall–Kier alpha value is -4.19. The first-order valence-corrected chi connectivity index (χ1v) is 13.1. The highest BCUT2D eigenvalue weighted by Gasteiger charge is 2.31. The van der Waals surface area contributed by atoms with E-state index < -0.39 is 0 Å². The van der Waals surface area contributed by atoms with Crippen LogP contribution in [-0.4, -0.2) is 22.5 Å². The molecule has 1 amide bonds. The fourth-order valence-corrected chi connectivity index (χ4v) is 5.27. The van der Waals surface area contributed by atoms with Crippen molar-refractivity contribution in [1.82, 2.24) is 4.57 Å². The monoisotopic (exact) mass is 510 g/mol. The maximum absolute atomic E-state index is 14.0. The lowest BCUT2D eigenvalue weighted by atomic mass is 9.94. The van der Waals surface area contributed by atoms with Gasteiger partial charge >= 0.3 is 5.97 Å². The molecule has 0 bridgehead atoms. The van der Waals surface area contributed by atoms with Gasteiger partial charge in [-0.15, -0.1) is 0 Å². The number of aromatic nitrogens is 1. The number of cyclic esters (lactones) is 1. The molecule has 1 aliphatic rings. The van der Waals surface area contributed by atoms with E-state index in [1.807, 2.05) is 60.7 Å². The highest BCUT2D eigenvalue weighted by Crippen LogP contribution is 2.42. The molecular formula is C32H31FN2O3. The molecule has 0 saturated carbocycles.